The van der Waals surface area contributed by atoms with E-state index in [0.717, 1.165) is 11.4 Å². The number of amides is 1. The first kappa shape index (κ1) is 16.3. The molecule has 1 heterocycles. The number of thioether (sulfide) groups is 2. The molecule has 0 spiro atoms. The van der Waals surface area contributed by atoms with Crippen molar-refractivity contribution >= 4 is 40.8 Å². The molecule has 1 aliphatic rings. The molecule has 0 radical (unpaired) electrons. The first-order valence-electron chi connectivity index (χ1n) is 7.56. The number of anilines is 2. The van der Waals surface area contributed by atoms with E-state index in [1.165, 1.54) is 17.1 Å². The molecule has 120 valence electrons. The third-order valence-electron chi connectivity index (χ3n) is 3.70. The standard InChI is InChI=1S/C18H20N2OS2/c1-20(2)16-6-4-3-5-15(16)19-17(21)13-7-9-14(10-8-13)18-22-11-12-23-18/h3-10,18H,11-12H2,1-2H3,(H,19,21). The molecule has 2 aromatic carbocycles. The maximum absolute atomic E-state index is 12.5. The van der Waals surface area contributed by atoms with Gasteiger partial charge < -0.3 is 10.2 Å². The van der Waals surface area contributed by atoms with E-state index in [1.54, 1.807) is 0 Å². The second-order valence-electron chi connectivity index (χ2n) is 5.56. The van der Waals surface area contributed by atoms with Gasteiger partial charge in [-0.2, -0.15) is 0 Å². The van der Waals surface area contributed by atoms with Gasteiger partial charge >= 0.3 is 0 Å². The molecule has 0 bridgehead atoms. The maximum Gasteiger partial charge on any atom is 0.255 e. The van der Waals surface area contributed by atoms with E-state index in [9.17, 15) is 4.79 Å². The van der Waals surface area contributed by atoms with Crippen molar-refractivity contribution in [3.05, 3.63) is 59.7 Å². The Bertz CT molecular complexity index is 680. The highest BCUT2D eigenvalue weighted by Crippen LogP contribution is 2.45. The minimum Gasteiger partial charge on any atom is -0.376 e. The minimum absolute atomic E-state index is 0.0717. The van der Waals surface area contributed by atoms with E-state index in [2.05, 4.69) is 17.4 Å². The Labute approximate surface area is 145 Å². The van der Waals surface area contributed by atoms with Crippen molar-refractivity contribution in [3.63, 3.8) is 0 Å². The van der Waals surface area contributed by atoms with Crippen molar-refractivity contribution in [2.24, 2.45) is 0 Å². The van der Waals surface area contributed by atoms with Crippen LogP contribution in [0.1, 0.15) is 20.5 Å². The third kappa shape index (κ3) is 3.85. The number of benzene rings is 2. The number of carbonyl (C=O) groups is 1. The molecule has 5 heteroatoms. The van der Waals surface area contributed by atoms with Crippen molar-refractivity contribution in [2.75, 3.05) is 35.8 Å². The Morgan fingerprint density at radius 3 is 2.35 bits per heavy atom. The zero-order chi connectivity index (χ0) is 16.2. The average Bonchev–Trinajstić information content (AvgIpc) is 3.10. The van der Waals surface area contributed by atoms with E-state index < -0.39 is 0 Å². The Morgan fingerprint density at radius 2 is 1.70 bits per heavy atom. The lowest BCUT2D eigenvalue weighted by atomic mass is 10.1. The van der Waals surface area contributed by atoms with E-state index in [1.807, 2.05) is 78.9 Å². The lowest BCUT2D eigenvalue weighted by Crippen LogP contribution is -2.16. The van der Waals surface area contributed by atoms with E-state index in [0.29, 0.717) is 10.1 Å². The molecule has 1 aliphatic heterocycles. The van der Waals surface area contributed by atoms with Crippen LogP contribution in [0.2, 0.25) is 0 Å². The van der Waals surface area contributed by atoms with Crippen molar-refractivity contribution < 1.29 is 4.79 Å². The first-order chi connectivity index (χ1) is 11.1. The summed E-state index contributed by atoms with van der Waals surface area (Å²) in [5, 5.41) is 3.01. The lowest BCUT2D eigenvalue weighted by molar-refractivity contribution is 0.102. The van der Waals surface area contributed by atoms with Gasteiger partial charge in [-0.1, -0.05) is 24.3 Å². The summed E-state index contributed by atoms with van der Waals surface area (Å²) in [6.45, 7) is 0. The average molecular weight is 345 g/mol. The summed E-state index contributed by atoms with van der Waals surface area (Å²) in [6, 6.07) is 15.8. The normalized spacial score (nSPS) is 14.7. The Hall–Kier alpha value is -1.59. The molecular formula is C18H20N2OS2. The number of hydrogen-bond acceptors (Lipinski definition) is 4. The fraction of sp³-hybridized carbons (Fsp3) is 0.278. The van der Waals surface area contributed by atoms with Crippen LogP contribution >= 0.6 is 23.5 Å². The summed E-state index contributed by atoms with van der Waals surface area (Å²) in [4.78, 5) is 14.5. The number of carbonyl (C=O) groups excluding carboxylic acids is 1. The predicted molar refractivity (Wildman–Crippen MR) is 103 cm³/mol. The molecular weight excluding hydrogens is 324 g/mol. The van der Waals surface area contributed by atoms with E-state index in [-0.39, 0.29) is 5.91 Å². The quantitative estimate of drug-likeness (QED) is 0.886. The van der Waals surface area contributed by atoms with Gasteiger partial charge in [-0.05, 0) is 29.8 Å². The summed E-state index contributed by atoms with van der Waals surface area (Å²) in [5.74, 6) is 2.34. The van der Waals surface area contributed by atoms with Crippen LogP contribution in [0.25, 0.3) is 0 Å². The van der Waals surface area contributed by atoms with Crippen LogP contribution < -0.4 is 10.2 Å². The Kier molecular flexibility index (Phi) is 5.18. The topological polar surface area (TPSA) is 32.3 Å². The third-order valence-corrected chi connectivity index (χ3v) is 6.81. The number of nitrogens with zero attached hydrogens (tertiary/aromatic N) is 1. The monoisotopic (exact) mass is 344 g/mol. The summed E-state index contributed by atoms with van der Waals surface area (Å²) in [6.07, 6.45) is 0. The minimum atomic E-state index is -0.0717. The van der Waals surface area contributed by atoms with Crippen LogP contribution in [0, 0.1) is 0 Å². The molecule has 23 heavy (non-hydrogen) atoms. The van der Waals surface area contributed by atoms with Gasteiger partial charge in [-0.25, -0.2) is 0 Å². The fourth-order valence-electron chi connectivity index (χ4n) is 2.51. The van der Waals surface area contributed by atoms with Gasteiger partial charge in [0.1, 0.15) is 0 Å². The number of para-hydroxylation sites is 2. The molecule has 0 unspecified atom stereocenters. The van der Waals surface area contributed by atoms with Crippen molar-refractivity contribution in [2.45, 2.75) is 4.58 Å². The van der Waals surface area contributed by atoms with Gasteiger partial charge in [0.15, 0.2) is 0 Å². The predicted octanol–water partition coefficient (Wildman–Crippen LogP) is 4.48. The fourth-order valence-corrected chi connectivity index (χ4v) is 5.37. The van der Waals surface area contributed by atoms with Crippen molar-refractivity contribution in [1.82, 2.24) is 0 Å². The van der Waals surface area contributed by atoms with Crippen LogP contribution in [0.15, 0.2) is 48.5 Å². The zero-order valence-electron chi connectivity index (χ0n) is 13.3. The highest BCUT2D eigenvalue weighted by molar-refractivity contribution is 8.19. The summed E-state index contributed by atoms with van der Waals surface area (Å²) in [7, 11) is 3.94. The van der Waals surface area contributed by atoms with Crippen LogP contribution in [0.5, 0.6) is 0 Å². The smallest absolute Gasteiger partial charge is 0.255 e. The second-order valence-corrected chi connectivity index (χ2v) is 8.29. The molecule has 0 aliphatic carbocycles. The molecule has 0 saturated carbocycles. The SMILES string of the molecule is CN(C)c1ccccc1NC(=O)c1ccc(C2SCCS2)cc1. The molecule has 3 rings (SSSR count). The van der Waals surface area contributed by atoms with E-state index in [4.69, 9.17) is 0 Å². The Morgan fingerprint density at radius 1 is 1.04 bits per heavy atom. The zero-order valence-corrected chi connectivity index (χ0v) is 14.9. The van der Waals surface area contributed by atoms with E-state index >= 15 is 0 Å². The highest BCUT2D eigenvalue weighted by Gasteiger charge is 2.18. The number of nitrogens with one attached hydrogen (secondary N) is 1. The second kappa shape index (κ2) is 7.32. The molecule has 2 aromatic rings. The lowest BCUT2D eigenvalue weighted by Gasteiger charge is -2.17. The van der Waals surface area contributed by atoms with Gasteiger partial charge in [0, 0.05) is 31.2 Å². The summed E-state index contributed by atoms with van der Waals surface area (Å²) in [5.41, 5.74) is 3.81. The van der Waals surface area contributed by atoms with Crippen molar-refractivity contribution in [1.29, 1.82) is 0 Å². The molecule has 0 atom stereocenters. The molecule has 1 fully saturated rings. The number of rotatable bonds is 4. The summed E-state index contributed by atoms with van der Waals surface area (Å²) < 4.78 is 0.515. The van der Waals surface area contributed by atoms with Gasteiger partial charge in [0.2, 0.25) is 0 Å². The molecule has 1 amide bonds. The Balaban J connectivity index is 1.73. The molecule has 3 nitrogen and oxygen atoms in total. The van der Waals surface area contributed by atoms with Gasteiger partial charge in [-0.15, -0.1) is 23.5 Å². The highest BCUT2D eigenvalue weighted by atomic mass is 32.2. The van der Waals surface area contributed by atoms with Gasteiger partial charge in [0.05, 0.1) is 16.0 Å². The van der Waals surface area contributed by atoms with Crippen LogP contribution in [-0.2, 0) is 0 Å². The van der Waals surface area contributed by atoms with Gasteiger partial charge in [0.25, 0.3) is 5.91 Å². The first-order valence-corrected chi connectivity index (χ1v) is 9.66. The number of hydrogen-bond donors (Lipinski definition) is 1. The summed E-state index contributed by atoms with van der Waals surface area (Å²) >= 11 is 3.95. The van der Waals surface area contributed by atoms with Crippen molar-refractivity contribution in [3.8, 4) is 0 Å². The largest absolute Gasteiger partial charge is 0.376 e. The van der Waals surface area contributed by atoms with Crippen LogP contribution in [0.4, 0.5) is 11.4 Å². The molecule has 1 saturated heterocycles. The maximum atomic E-state index is 12.5. The van der Waals surface area contributed by atoms with Crippen LogP contribution in [-0.4, -0.2) is 31.5 Å². The molecule has 1 N–H and O–H groups in total. The molecule has 0 aromatic heterocycles. The van der Waals surface area contributed by atoms with Gasteiger partial charge in [-0.3, -0.25) is 4.79 Å². The van der Waals surface area contributed by atoms with Crippen LogP contribution in [0.3, 0.4) is 0 Å².